The van der Waals surface area contributed by atoms with Gasteiger partial charge in [0.15, 0.2) is 17.0 Å². The van der Waals surface area contributed by atoms with Crippen molar-refractivity contribution in [1.29, 1.82) is 0 Å². The molecule has 0 radical (unpaired) electrons. The van der Waals surface area contributed by atoms with Crippen molar-refractivity contribution < 1.29 is 33.0 Å². The van der Waals surface area contributed by atoms with Crippen LogP contribution in [0.2, 0.25) is 0 Å². The summed E-state index contributed by atoms with van der Waals surface area (Å²) in [5.74, 6) is -3.16. The number of ether oxygens (including phenoxy) is 3. The minimum absolute atomic E-state index is 0.226. The molecule has 0 spiro atoms. The lowest BCUT2D eigenvalue weighted by Gasteiger charge is -2.29. The third kappa shape index (κ3) is 3.23. The first-order chi connectivity index (χ1) is 12.2. The molecule has 2 heterocycles. The number of nitrogens with zero attached hydrogens (tertiary/aromatic N) is 1. The summed E-state index contributed by atoms with van der Waals surface area (Å²) in [6.45, 7) is 4.55. The van der Waals surface area contributed by atoms with Gasteiger partial charge in [-0.25, -0.2) is 19.4 Å². The fraction of sp³-hybridized carbons (Fsp3) is 0.294. The Morgan fingerprint density at radius 3 is 2.50 bits per heavy atom. The fourth-order valence-electron chi connectivity index (χ4n) is 2.42. The first kappa shape index (κ1) is 17.5. The van der Waals surface area contributed by atoms with Crippen molar-refractivity contribution in [3.63, 3.8) is 0 Å². The quantitative estimate of drug-likeness (QED) is 0.498. The normalized spacial score (nSPS) is 16.1. The summed E-state index contributed by atoms with van der Waals surface area (Å²) in [4.78, 5) is 40.0. The molecule has 136 valence electrons. The molecule has 1 aliphatic heterocycles. The van der Waals surface area contributed by atoms with Gasteiger partial charge in [-0.05, 0) is 12.1 Å². The van der Waals surface area contributed by atoms with Crippen molar-refractivity contribution in [2.75, 3.05) is 12.4 Å². The number of hydrogen-bond acceptors (Lipinski definition) is 9. The Balaban J connectivity index is 1.99. The van der Waals surface area contributed by atoms with Gasteiger partial charge in [0, 0.05) is 27.0 Å². The summed E-state index contributed by atoms with van der Waals surface area (Å²) in [5.41, 5.74) is 0.994. The molecule has 1 saturated heterocycles. The van der Waals surface area contributed by atoms with Crippen molar-refractivity contribution in [3.05, 3.63) is 35.4 Å². The molecule has 0 bridgehead atoms. The average Bonchev–Trinajstić information content (AvgIpc) is 2.92. The largest absolute Gasteiger partial charge is 0.465 e. The second kappa shape index (κ2) is 6.17. The smallest absolute Gasteiger partial charge is 0.350 e. The molecule has 0 amide bonds. The van der Waals surface area contributed by atoms with Crippen LogP contribution < -0.4 is 5.32 Å². The van der Waals surface area contributed by atoms with Crippen molar-refractivity contribution in [1.82, 2.24) is 4.98 Å². The van der Waals surface area contributed by atoms with Gasteiger partial charge in [0.05, 0.1) is 18.4 Å². The molecule has 1 aliphatic rings. The first-order valence-electron chi connectivity index (χ1n) is 7.63. The molecule has 0 saturated carbocycles. The highest BCUT2D eigenvalue weighted by molar-refractivity contribution is 6.15. The zero-order chi connectivity index (χ0) is 19.1. The molecular weight excluding hydrogens is 344 g/mol. The maximum atomic E-state index is 12.0. The van der Waals surface area contributed by atoms with Gasteiger partial charge in [-0.1, -0.05) is 0 Å². The number of methoxy groups -OCH3 is 1. The topological polar surface area (TPSA) is 117 Å². The second-order valence-electron chi connectivity index (χ2n) is 5.98. The summed E-state index contributed by atoms with van der Waals surface area (Å²) < 4.78 is 20.2. The Kier molecular flexibility index (Phi) is 4.15. The summed E-state index contributed by atoms with van der Waals surface area (Å²) in [6, 6.07) is 2.97. The van der Waals surface area contributed by atoms with Crippen LogP contribution >= 0.6 is 0 Å². The number of aromatic nitrogens is 1. The SMILES string of the molecule is COC(=O)c1cc(NC=C2C(=O)OC(C)(C)OC2=O)c2oc(C)nc2c1. The predicted molar refractivity (Wildman–Crippen MR) is 88.1 cm³/mol. The fourth-order valence-corrected chi connectivity index (χ4v) is 2.42. The van der Waals surface area contributed by atoms with Crippen LogP contribution in [0.25, 0.3) is 11.1 Å². The number of benzene rings is 1. The van der Waals surface area contributed by atoms with Gasteiger partial charge in [0.25, 0.3) is 5.79 Å². The summed E-state index contributed by atoms with van der Waals surface area (Å²) in [5, 5.41) is 2.77. The van der Waals surface area contributed by atoms with E-state index < -0.39 is 23.7 Å². The minimum atomic E-state index is -1.33. The van der Waals surface area contributed by atoms with E-state index in [-0.39, 0.29) is 11.1 Å². The van der Waals surface area contributed by atoms with E-state index in [4.69, 9.17) is 18.6 Å². The van der Waals surface area contributed by atoms with E-state index in [2.05, 4.69) is 10.3 Å². The predicted octanol–water partition coefficient (Wildman–Crippen LogP) is 2.05. The molecule has 26 heavy (non-hydrogen) atoms. The van der Waals surface area contributed by atoms with Crippen LogP contribution in [-0.4, -0.2) is 35.8 Å². The monoisotopic (exact) mass is 360 g/mol. The van der Waals surface area contributed by atoms with E-state index >= 15 is 0 Å². The van der Waals surface area contributed by atoms with E-state index in [1.54, 1.807) is 6.92 Å². The van der Waals surface area contributed by atoms with Gasteiger partial charge >= 0.3 is 17.9 Å². The lowest BCUT2D eigenvalue weighted by atomic mass is 10.1. The lowest BCUT2D eigenvalue weighted by molar-refractivity contribution is -0.222. The molecule has 3 rings (SSSR count). The highest BCUT2D eigenvalue weighted by atomic mass is 16.7. The Bertz CT molecular complexity index is 933. The third-order valence-electron chi connectivity index (χ3n) is 3.51. The van der Waals surface area contributed by atoms with E-state index in [0.717, 1.165) is 6.20 Å². The number of cyclic esters (lactones) is 2. The number of aryl methyl sites for hydroxylation is 1. The standard InChI is InChI=1S/C17H16N2O7/c1-8-19-12-6-9(14(20)23-4)5-11(13(12)24-8)18-7-10-15(21)25-17(2,3)26-16(10)22/h5-7,18H,1-4H3. The van der Waals surface area contributed by atoms with Gasteiger partial charge in [-0.3, -0.25) is 0 Å². The summed E-state index contributed by atoms with van der Waals surface area (Å²) in [6.07, 6.45) is 1.13. The van der Waals surface area contributed by atoms with E-state index in [1.165, 1.54) is 33.1 Å². The molecule has 1 aromatic carbocycles. The van der Waals surface area contributed by atoms with E-state index in [9.17, 15) is 14.4 Å². The number of oxazole rings is 1. The highest BCUT2D eigenvalue weighted by Crippen LogP contribution is 2.28. The molecule has 2 aromatic rings. The van der Waals surface area contributed by atoms with Crippen LogP contribution in [-0.2, 0) is 23.8 Å². The Labute approximate surface area is 147 Å². The van der Waals surface area contributed by atoms with Crippen molar-refractivity contribution >= 4 is 34.7 Å². The molecular formula is C17H16N2O7. The van der Waals surface area contributed by atoms with Gasteiger partial charge in [0.2, 0.25) is 0 Å². The van der Waals surface area contributed by atoms with E-state index in [1.807, 2.05) is 0 Å². The van der Waals surface area contributed by atoms with Gasteiger partial charge in [-0.15, -0.1) is 0 Å². The zero-order valence-electron chi connectivity index (χ0n) is 14.5. The first-order valence-corrected chi connectivity index (χ1v) is 7.63. The number of carbonyl (C=O) groups is 3. The van der Waals surface area contributed by atoms with Crippen molar-refractivity contribution in [3.8, 4) is 0 Å². The van der Waals surface area contributed by atoms with Crippen LogP contribution in [0.15, 0.2) is 28.3 Å². The van der Waals surface area contributed by atoms with Gasteiger partial charge in [0.1, 0.15) is 5.52 Å². The molecule has 1 aromatic heterocycles. The molecule has 0 aliphatic carbocycles. The Hall–Kier alpha value is -3.36. The van der Waals surface area contributed by atoms with Gasteiger partial charge in [-0.2, -0.15) is 0 Å². The van der Waals surface area contributed by atoms with Crippen LogP contribution in [0.5, 0.6) is 0 Å². The third-order valence-corrected chi connectivity index (χ3v) is 3.51. The summed E-state index contributed by atoms with van der Waals surface area (Å²) >= 11 is 0. The van der Waals surface area contributed by atoms with Crippen LogP contribution in [0, 0.1) is 6.92 Å². The summed E-state index contributed by atoms with van der Waals surface area (Å²) in [7, 11) is 1.26. The number of rotatable bonds is 3. The average molecular weight is 360 g/mol. The Morgan fingerprint density at radius 2 is 1.88 bits per heavy atom. The Morgan fingerprint density at radius 1 is 1.23 bits per heavy atom. The number of fused-ring (bicyclic) bond motifs is 1. The number of esters is 3. The molecule has 1 N–H and O–H groups in total. The van der Waals surface area contributed by atoms with Gasteiger partial charge < -0.3 is 23.9 Å². The van der Waals surface area contributed by atoms with Crippen LogP contribution in [0.3, 0.4) is 0 Å². The molecule has 0 atom stereocenters. The minimum Gasteiger partial charge on any atom is -0.465 e. The number of anilines is 1. The molecule has 9 heteroatoms. The number of carbonyl (C=O) groups excluding carboxylic acids is 3. The maximum Gasteiger partial charge on any atom is 0.350 e. The van der Waals surface area contributed by atoms with E-state index in [0.29, 0.717) is 22.7 Å². The lowest BCUT2D eigenvalue weighted by Crippen LogP contribution is -2.42. The van der Waals surface area contributed by atoms with Crippen molar-refractivity contribution in [2.45, 2.75) is 26.6 Å². The van der Waals surface area contributed by atoms with Crippen LogP contribution in [0.4, 0.5) is 5.69 Å². The number of nitrogens with one attached hydrogen (secondary N) is 1. The highest BCUT2D eigenvalue weighted by Gasteiger charge is 2.39. The molecule has 0 unspecified atom stereocenters. The molecule has 9 nitrogen and oxygen atoms in total. The van der Waals surface area contributed by atoms with Crippen molar-refractivity contribution in [2.24, 2.45) is 0 Å². The zero-order valence-corrected chi connectivity index (χ0v) is 14.5. The molecule has 1 fully saturated rings. The maximum absolute atomic E-state index is 12.0. The van der Waals surface area contributed by atoms with Crippen LogP contribution in [0.1, 0.15) is 30.1 Å². The number of hydrogen-bond donors (Lipinski definition) is 1. The second-order valence-corrected chi connectivity index (χ2v) is 5.98.